The van der Waals surface area contributed by atoms with Crippen LogP contribution < -0.4 is 0 Å². The molecule has 0 unspecified atom stereocenters. The quantitative estimate of drug-likeness (QED) is 0.397. The minimum absolute atomic E-state index is 0.225. The third kappa shape index (κ3) is 3.22. The van der Waals surface area contributed by atoms with Gasteiger partial charge >= 0.3 is 0 Å². The zero-order valence-electron chi connectivity index (χ0n) is 13.6. The van der Waals surface area contributed by atoms with Gasteiger partial charge in [-0.1, -0.05) is 84.9 Å². The van der Waals surface area contributed by atoms with E-state index in [4.69, 9.17) is 0 Å². The molecular weight excluding hydrogens is 307 g/mol. The molecule has 4 aromatic carbocycles. The topological polar surface area (TPSA) is 0 Å². The molecule has 0 atom stereocenters. The summed E-state index contributed by atoms with van der Waals surface area (Å²) in [6, 6.07) is 34.6. The highest BCUT2D eigenvalue weighted by molar-refractivity contribution is 5.83. The lowest BCUT2D eigenvalue weighted by Crippen LogP contribution is -1.86. The molecule has 0 aromatic heterocycles. The van der Waals surface area contributed by atoms with E-state index < -0.39 is 0 Å². The second-order valence-corrected chi connectivity index (χ2v) is 5.91. The van der Waals surface area contributed by atoms with Crippen molar-refractivity contribution in [3.8, 4) is 33.4 Å². The normalized spacial score (nSPS) is 10.6. The van der Waals surface area contributed by atoms with E-state index in [1.54, 1.807) is 12.1 Å². The van der Waals surface area contributed by atoms with E-state index in [0.29, 0.717) is 0 Å². The maximum absolute atomic E-state index is 13.2. The van der Waals surface area contributed by atoms with Gasteiger partial charge in [0.25, 0.3) is 0 Å². The fraction of sp³-hybridized carbons (Fsp3) is 0. The zero-order chi connectivity index (χ0) is 17.1. The molecule has 0 heterocycles. The fourth-order valence-electron chi connectivity index (χ4n) is 3.01. The largest absolute Gasteiger partial charge is 0.207 e. The SMILES string of the molecule is Fc1ccc(-c2ccc[c]c2-c2ccc(-c3ccccc3)cc2)cc1. The third-order valence-electron chi connectivity index (χ3n) is 4.29. The van der Waals surface area contributed by atoms with Gasteiger partial charge in [0.15, 0.2) is 0 Å². The van der Waals surface area contributed by atoms with Crippen molar-refractivity contribution >= 4 is 0 Å². The van der Waals surface area contributed by atoms with Crippen LogP contribution in [0.25, 0.3) is 33.4 Å². The predicted molar refractivity (Wildman–Crippen MR) is 102 cm³/mol. The Morgan fingerprint density at radius 1 is 0.520 bits per heavy atom. The molecule has 25 heavy (non-hydrogen) atoms. The van der Waals surface area contributed by atoms with Crippen LogP contribution in [-0.4, -0.2) is 0 Å². The summed E-state index contributed by atoms with van der Waals surface area (Å²) in [6.07, 6.45) is 0. The Kier molecular flexibility index (Phi) is 4.14. The van der Waals surface area contributed by atoms with Crippen molar-refractivity contribution in [1.29, 1.82) is 0 Å². The Balaban J connectivity index is 1.74. The molecule has 119 valence electrons. The second kappa shape index (κ2) is 6.74. The van der Waals surface area contributed by atoms with Crippen LogP contribution in [0.15, 0.2) is 97.1 Å². The molecule has 0 amide bonds. The van der Waals surface area contributed by atoms with Crippen molar-refractivity contribution in [3.63, 3.8) is 0 Å². The summed E-state index contributed by atoms with van der Waals surface area (Å²) >= 11 is 0. The van der Waals surface area contributed by atoms with Crippen LogP contribution in [0.2, 0.25) is 0 Å². The summed E-state index contributed by atoms with van der Waals surface area (Å²) in [7, 11) is 0. The molecule has 4 rings (SSSR count). The highest BCUT2D eigenvalue weighted by Crippen LogP contribution is 2.32. The Morgan fingerprint density at radius 2 is 1.12 bits per heavy atom. The van der Waals surface area contributed by atoms with Crippen molar-refractivity contribution < 1.29 is 4.39 Å². The van der Waals surface area contributed by atoms with Crippen LogP contribution in [0.5, 0.6) is 0 Å². The first-order valence-electron chi connectivity index (χ1n) is 8.24. The molecule has 0 bridgehead atoms. The average molecular weight is 323 g/mol. The van der Waals surface area contributed by atoms with Crippen molar-refractivity contribution in [2.24, 2.45) is 0 Å². The molecule has 0 aliphatic carbocycles. The highest BCUT2D eigenvalue weighted by atomic mass is 19.1. The molecule has 1 heteroatoms. The summed E-state index contributed by atoms with van der Waals surface area (Å²) in [5.41, 5.74) is 6.54. The molecule has 0 nitrogen and oxygen atoms in total. The van der Waals surface area contributed by atoms with Crippen molar-refractivity contribution in [1.82, 2.24) is 0 Å². The van der Waals surface area contributed by atoms with Gasteiger partial charge in [0.05, 0.1) is 0 Å². The molecule has 4 aromatic rings. The molecule has 0 N–H and O–H groups in total. The number of halogens is 1. The van der Waals surface area contributed by atoms with E-state index in [0.717, 1.165) is 22.3 Å². The number of hydrogen-bond acceptors (Lipinski definition) is 0. The van der Waals surface area contributed by atoms with Crippen LogP contribution in [-0.2, 0) is 0 Å². The average Bonchev–Trinajstić information content (AvgIpc) is 2.69. The number of hydrogen-bond donors (Lipinski definition) is 0. The van der Waals surface area contributed by atoms with Crippen LogP contribution in [0.4, 0.5) is 4.39 Å². The molecule has 0 fully saturated rings. The molecule has 0 aliphatic rings. The predicted octanol–water partition coefficient (Wildman–Crippen LogP) is 6.63. The van der Waals surface area contributed by atoms with Gasteiger partial charge in [0, 0.05) is 0 Å². The first-order chi connectivity index (χ1) is 12.3. The zero-order valence-corrected chi connectivity index (χ0v) is 13.6. The van der Waals surface area contributed by atoms with E-state index in [1.165, 1.54) is 23.3 Å². The molecular formula is C24H16F. The molecule has 0 saturated carbocycles. The van der Waals surface area contributed by atoms with E-state index in [9.17, 15) is 4.39 Å². The standard InChI is InChI=1S/C24H16F/c25-22-16-14-21(15-17-22)24-9-5-4-8-23(24)20-12-10-19(11-13-20)18-6-2-1-3-7-18/h1-7,9-17H. The number of benzene rings is 4. The lowest BCUT2D eigenvalue weighted by Gasteiger charge is -2.11. The van der Waals surface area contributed by atoms with Gasteiger partial charge in [-0.3, -0.25) is 0 Å². The van der Waals surface area contributed by atoms with E-state index >= 15 is 0 Å². The molecule has 0 spiro atoms. The van der Waals surface area contributed by atoms with Crippen molar-refractivity contribution in [2.45, 2.75) is 0 Å². The van der Waals surface area contributed by atoms with Crippen molar-refractivity contribution in [2.75, 3.05) is 0 Å². The second-order valence-electron chi connectivity index (χ2n) is 5.91. The van der Waals surface area contributed by atoms with Crippen LogP contribution >= 0.6 is 0 Å². The Bertz CT molecular complexity index is 968. The first-order valence-corrected chi connectivity index (χ1v) is 8.24. The first kappa shape index (κ1) is 15.3. The van der Waals surface area contributed by atoms with Gasteiger partial charge in [0.1, 0.15) is 5.82 Å². The molecule has 0 saturated heterocycles. The van der Waals surface area contributed by atoms with E-state index in [-0.39, 0.29) is 5.82 Å². The van der Waals surface area contributed by atoms with E-state index in [2.05, 4.69) is 42.5 Å². The van der Waals surface area contributed by atoms with Crippen LogP contribution in [0, 0.1) is 11.9 Å². The molecule has 1 radical (unpaired) electrons. The number of rotatable bonds is 3. The fourth-order valence-corrected chi connectivity index (χ4v) is 3.01. The minimum atomic E-state index is -0.225. The summed E-state index contributed by atoms with van der Waals surface area (Å²) < 4.78 is 13.2. The van der Waals surface area contributed by atoms with Gasteiger partial charge in [0.2, 0.25) is 0 Å². The Hall–Kier alpha value is -3.19. The van der Waals surface area contributed by atoms with E-state index in [1.807, 2.05) is 36.4 Å². The van der Waals surface area contributed by atoms with Gasteiger partial charge in [-0.25, -0.2) is 4.39 Å². The smallest absolute Gasteiger partial charge is 0.123 e. The lowest BCUT2D eigenvalue weighted by molar-refractivity contribution is 0.628. The monoisotopic (exact) mass is 323 g/mol. The molecule has 0 aliphatic heterocycles. The highest BCUT2D eigenvalue weighted by Gasteiger charge is 2.08. The van der Waals surface area contributed by atoms with Crippen LogP contribution in [0.3, 0.4) is 0 Å². The summed E-state index contributed by atoms with van der Waals surface area (Å²) in [5.74, 6) is -0.225. The van der Waals surface area contributed by atoms with Gasteiger partial charge in [-0.05, 0) is 51.6 Å². The maximum Gasteiger partial charge on any atom is 0.123 e. The third-order valence-corrected chi connectivity index (χ3v) is 4.29. The maximum atomic E-state index is 13.2. The minimum Gasteiger partial charge on any atom is -0.207 e. The van der Waals surface area contributed by atoms with Gasteiger partial charge < -0.3 is 0 Å². The summed E-state index contributed by atoms with van der Waals surface area (Å²) in [6.45, 7) is 0. The summed E-state index contributed by atoms with van der Waals surface area (Å²) in [4.78, 5) is 0. The van der Waals surface area contributed by atoms with Crippen molar-refractivity contribution in [3.05, 3.63) is 109 Å². The Labute approximate surface area is 147 Å². The Morgan fingerprint density at radius 3 is 1.84 bits per heavy atom. The van der Waals surface area contributed by atoms with Gasteiger partial charge in [-0.15, -0.1) is 0 Å². The summed E-state index contributed by atoms with van der Waals surface area (Å²) in [5, 5.41) is 0. The van der Waals surface area contributed by atoms with Crippen LogP contribution in [0.1, 0.15) is 0 Å². The van der Waals surface area contributed by atoms with Gasteiger partial charge in [-0.2, -0.15) is 0 Å². The lowest BCUT2D eigenvalue weighted by atomic mass is 9.93.